The fourth-order valence-corrected chi connectivity index (χ4v) is 4.82. The minimum Gasteiger partial charge on any atom is -0.497 e. The van der Waals surface area contributed by atoms with Crippen molar-refractivity contribution < 1.29 is 17.9 Å². The Kier molecular flexibility index (Phi) is 6.12. The lowest BCUT2D eigenvalue weighted by molar-refractivity contribution is -0.114. The number of nitrogens with zero attached hydrogens (tertiary/aromatic N) is 2. The van der Waals surface area contributed by atoms with Gasteiger partial charge in [-0.25, -0.2) is 8.42 Å². The van der Waals surface area contributed by atoms with Gasteiger partial charge in [0.2, 0.25) is 5.91 Å². The number of hydrogen-bond donors (Lipinski definition) is 2. The van der Waals surface area contributed by atoms with E-state index in [0.29, 0.717) is 28.5 Å². The summed E-state index contributed by atoms with van der Waals surface area (Å²) in [5.74, 6) is 0.186. The average Bonchev–Trinajstić information content (AvgIpc) is 3.06. The topological polar surface area (TPSA) is 104 Å². The predicted octanol–water partition coefficient (Wildman–Crippen LogP) is 3.18. The van der Waals surface area contributed by atoms with Crippen molar-refractivity contribution in [1.29, 1.82) is 0 Å². The zero-order valence-electron chi connectivity index (χ0n) is 17.3. The molecule has 0 atom stereocenters. The van der Waals surface area contributed by atoms with Crippen LogP contribution < -0.4 is 14.4 Å². The first-order valence-corrected chi connectivity index (χ1v) is 10.7. The van der Waals surface area contributed by atoms with Gasteiger partial charge >= 0.3 is 0 Å². The molecule has 0 aliphatic heterocycles. The van der Waals surface area contributed by atoms with E-state index in [4.69, 9.17) is 4.74 Å². The number of rotatable bonds is 7. The zero-order chi connectivity index (χ0) is 21.9. The van der Waals surface area contributed by atoms with Gasteiger partial charge in [-0.3, -0.25) is 14.2 Å². The summed E-state index contributed by atoms with van der Waals surface area (Å²) < 4.78 is 33.1. The number of aromatic amines is 1. The van der Waals surface area contributed by atoms with Gasteiger partial charge in [0.15, 0.2) is 0 Å². The van der Waals surface area contributed by atoms with Crippen LogP contribution in [0.25, 0.3) is 0 Å². The SMILES string of the molecule is COc1ccc(NC(=O)CN(c2ccc(C)cc2)S(=O)(=O)c2c(C)n[nH]c2C)cc1. The monoisotopic (exact) mass is 428 g/mol. The van der Waals surface area contributed by atoms with E-state index in [1.807, 2.05) is 6.92 Å². The first kappa shape index (κ1) is 21.4. The second kappa shape index (κ2) is 8.58. The van der Waals surface area contributed by atoms with Crippen molar-refractivity contribution in [2.75, 3.05) is 23.3 Å². The lowest BCUT2D eigenvalue weighted by atomic mass is 10.2. The van der Waals surface area contributed by atoms with Crippen molar-refractivity contribution in [2.24, 2.45) is 0 Å². The lowest BCUT2D eigenvalue weighted by Crippen LogP contribution is -2.38. The second-order valence-corrected chi connectivity index (χ2v) is 8.69. The third kappa shape index (κ3) is 4.46. The molecule has 1 aromatic heterocycles. The van der Waals surface area contributed by atoms with Crippen LogP contribution >= 0.6 is 0 Å². The number of nitrogens with one attached hydrogen (secondary N) is 2. The maximum Gasteiger partial charge on any atom is 0.268 e. The highest BCUT2D eigenvalue weighted by Gasteiger charge is 2.31. The molecule has 0 radical (unpaired) electrons. The molecule has 9 heteroatoms. The molecule has 0 bridgehead atoms. The van der Waals surface area contributed by atoms with E-state index in [1.165, 1.54) is 0 Å². The van der Waals surface area contributed by atoms with E-state index in [1.54, 1.807) is 69.5 Å². The number of carbonyl (C=O) groups is 1. The Morgan fingerprint density at radius 1 is 1.07 bits per heavy atom. The summed E-state index contributed by atoms with van der Waals surface area (Å²) in [5, 5.41) is 9.41. The van der Waals surface area contributed by atoms with Crippen molar-refractivity contribution in [3.8, 4) is 5.75 Å². The van der Waals surface area contributed by atoms with Crippen molar-refractivity contribution in [1.82, 2.24) is 10.2 Å². The largest absolute Gasteiger partial charge is 0.497 e. The highest BCUT2D eigenvalue weighted by molar-refractivity contribution is 7.93. The molecule has 0 saturated carbocycles. The molecular formula is C21H24N4O4S. The van der Waals surface area contributed by atoms with Crippen LogP contribution in [0.15, 0.2) is 53.4 Å². The molecule has 0 unspecified atom stereocenters. The summed E-state index contributed by atoms with van der Waals surface area (Å²) in [6.45, 7) is 4.77. The van der Waals surface area contributed by atoms with Gasteiger partial charge in [0.25, 0.3) is 10.0 Å². The number of carbonyl (C=O) groups excluding carboxylic acids is 1. The number of ether oxygens (including phenoxy) is 1. The van der Waals surface area contributed by atoms with E-state index < -0.39 is 15.9 Å². The molecule has 0 aliphatic carbocycles. The number of amides is 1. The van der Waals surface area contributed by atoms with Gasteiger partial charge in [0.1, 0.15) is 17.2 Å². The maximum atomic E-state index is 13.5. The zero-order valence-corrected chi connectivity index (χ0v) is 18.1. The summed E-state index contributed by atoms with van der Waals surface area (Å²) in [5.41, 5.74) is 2.68. The molecule has 1 heterocycles. The van der Waals surface area contributed by atoms with Crippen LogP contribution in [0.3, 0.4) is 0 Å². The van der Waals surface area contributed by atoms with Crippen LogP contribution in [0.1, 0.15) is 17.0 Å². The highest BCUT2D eigenvalue weighted by atomic mass is 32.2. The molecule has 1 amide bonds. The summed E-state index contributed by atoms with van der Waals surface area (Å²) >= 11 is 0. The summed E-state index contributed by atoms with van der Waals surface area (Å²) in [6, 6.07) is 13.8. The number of aryl methyl sites for hydroxylation is 3. The normalized spacial score (nSPS) is 11.2. The number of hydrogen-bond acceptors (Lipinski definition) is 5. The number of benzene rings is 2. The van der Waals surface area contributed by atoms with Crippen LogP contribution in [-0.4, -0.2) is 38.2 Å². The third-order valence-electron chi connectivity index (χ3n) is 4.59. The molecule has 3 aromatic rings. The van der Waals surface area contributed by atoms with Gasteiger partial charge in [-0.2, -0.15) is 5.10 Å². The molecule has 2 aromatic carbocycles. The Hall–Kier alpha value is -3.33. The molecule has 2 N–H and O–H groups in total. The summed E-state index contributed by atoms with van der Waals surface area (Å²) in [4.78, 5) is 12.8. The van der Waals surface area contributed by atoms with Crippen molar-refractivity contribution in [2.45, 2.75) is 25.7 Å². The highest BCUT2D eigenvalue weighted by Crippen LogP contribution is 2.27. The van der Waals surface area contributed by atoms with Gasteiger partial charge in [-0.1, -0.05) is 17.7 Å². The van der Waals surface area contributed by atoms with E-state index in [9.17, 15) is 13.2 Å². The Morgan fingerprint density at radius 2 is 1.70 bits per heavy atom. The van der Waals surface area contributed by atoms with Crippen LogP contribution in [0.2, 0.25) is 0 Å². The lowest BCUT2D eigenvalue weighted by Gasteiger charge is -2.24. The van der Waals surface area contributed by atoms with Gasteiger partial charge < -0.3 is 10.1 Å². The first-order valence-electron chi connectivity index (χ1n) is 9.27. The summed E-state index contributed by atoms with van der Waals surface area (Å²) in [6.07, 6.45) is 0. The number of sulfonamides is 1. The number of anilines is 2. The quantitative estimate of drug-likeness (QED) is 0.601. The van der Waals surface area contributed by atoms with E-state index in [2.05, 4.69) is 15.5 Å². The molecule has 3 rings (SSSR count). The Labute approximate surface area is 175 Å². The molecule has 30 heavy (non-hydrogen) atoms. The van der Waals surface area contributed by atoms with Gasteiger partial charge in [0, 0.05) is 5.69 Å². The van der Waals surface area contributed by atoms with Crippen LogP contribution in [-0.2, 0) is 14.8 Å². The molecular weight excluding hydrogens is 404 g/mol. The van der Waals surface area contributed by atoms with Crippen LogP contribution in [0.5, 0.6) is 5.75 Å². The smallest absolute Gasteiger partial charge is 0.268 e. The number of H-pyrrole nitrogens is 1. The Balaban J connectivity index is 1.93. The van der Waals surface area contributed by atoms with Crippen LogP contribution in [0.4, 0.5) is 11.4 Å². The number of methoxy groups -OCH3 is 1. The predicted molar refractivity (Wildman–Crippen MR) is 115 cm³/mol. The first-order chi connectivity index (χ1) is 14.2. The van der Waals surface area contributed by atoms with Crippen molar-refractivity contribution in [3.63, 3.8) is 0 Å². The van der Waals surface area contributed by atoms with Crippen molar-refractivity contribution in [3.05, 3.63) is 65.5 Å². The fourth-order valence-electron chi connectivity index (χ4n) is 3.06. The van der Waals surface area contributed by atoms with Crippen molar-refractivity contribution >= 4 is 27.3 Å². The fraction of sp³-hybridized carbons (Fsp3) is 0.238. The standard InChI is InChI=1S/C21H24N4O4S/c1-14-5-9-18(10-6-14)25(30(27,28)21-15(2)23-24-16(21)3)13-20(26)22-17-7-11-19(29-4)12-8-17/h5-12H,13H2,1-4H3,(H,22,26)(H,23,24). The molecule has 158 valence electrons. The average molecular weight is 429 g/mol. The molecule has 0 spiro atoms. The molecule has 0 saturated heterocycles. The summed E-state index contributed by atoms with van der Waals surface area (Å²) in [7, 11) is -2.47. The van der Waals surface area contributed by atoms with E-state index >= 15 is 0 Å². The number of aromatic nitrogens is 2. The molecule has 8 nitrogen and oxygen atoms in total. The van der Waals surface area contributed by atoms with Crippen LogP contribution in [0, 0.1) is 20.8 Å². The van der Waals surface area contributed by atoms with Gasteiger partial charge in [0.05, 0.1) is 24.2 Å². The maximum absolute atomic E-state index is 13.5. The Morgan fingerprint density at radius 3 is 2.23 bits per heavy atom. The van der Waals surface area contributed by atoms with E-state index in [0.717, 1.165) is 9.87 Å². The van der Waals surface area contributed by atoms with Gasteiger partial charge in [-0.15, -0.1) is 0 Å². The minimum absolute atomic E-state index is 0.0697. The molecule has 0 fully saturated rings. The minimum atomic E-state index is -4.02. The molecule has 0 aliphatic rings. The third-order valence-corrected chi connectivity index (χ3v) is 6.63. The van der Waals surface area contributed by atoms with E-state index in [-0.39, 0.29) is 11.4 Å². The van der Waals surface area contributed by atoms with Gasteiger partial charge in [-0.05, 0) is 57.2 Å². The second-order valence-electron chi connectivity index (χ2n) is 6.89. The Bertz CT molecular complexity index is 1120.